The molecule has 2 N–H and O–H groups in total. The van der Waals surface area contributed by atoms with Crippen LogP contribution in [0.4, 0.5) is 0 Å². The Labute approximate surface area is 126 Å². The minimum absolute atomic E-state index is 0.267. The molecule has 6 atom stereocenters. The summed E-state index contributed by atoms with van der Waals surface area (Å²) in [5.74, 6) is -3.63. The topological polar surface area (TPSA) is 74.6 Å². The SMILES string of the molecule is O=C1C=CC2C([C@@H]3C=C[C@H]2C(=O)C3(O)CCl)C1(O)CCl. The lowest BCUT2D eigenvalue weighted by molar-refractivity contribution is -0.174. The van der Waals surface area contributed by atoms with Crippen LogP contribution in [0.5, 0.6) is 0 Å². The van der Waals surface area contributed by atoms with Gasteiger partial charge in [0.1, 0.15) is 11.2 Å². The van der Waals surface area contributed by atoms with Crippen LogP contribution in [0, 0.1) is 23.7 Å². The molecule has 4 rings (SSSR count). The molecule has 6 heteroatoms. The van der Waals surface area contributed by atoms with Crippen LogP contribution in [0.3, 0.4) is 0 Å². The molecule has 0 amide bonds. The minimum Gasteiger partial charge on any atom is -0.380 e. The van der Waals surface area contributed by atoms with Crippen molar-refractivity contribution in [1.82, 2.24) is 0 Å². The van der Waals surface area contributed by atoms with Gasteiger partial charge in [-0.05, 0) is 12.0 Å². The first-order valence-corrected chi connectivity index (χ1v) is 7.49. The van der Waals surface area contributed by atoms with Crippen molar-refractivity contribution < 1.29 is 19.8 Å². The third kappa shape index (κ3) is 1.51. The van der Waals surface area contributed by atoms with Crippen molar-refractivity contribution in [3.8, 4) is 0 Å². The van der Waals surface area contributed by atoms with Crippen LogP contribution >= 0.6 is 23.2 Å². The molecule has 2 bridgehead atoms. The molecule has 0 aromatic carbocycles. The Morgan fingerprint density at radius 1 is 1.05 bits per heavy atom. The van der Waals surface area contributed by atoms with Crippen LogP contribution in [0.15, 0.2) is 24.3 Å². The summed E-state index contributed by atoms with van der Waals surface area (Å²) in [5, 5.41) is 21.2. The highest BCUT2D eigenvalue weighted by molar-refractivity contribution is 6.22. The fourth-order valence-corrected chi connectivity index (χ4v) is 4.41. The average Bonchev–Trinajstić information content (AvgIpc) is 2.47. The monoisotopic (exact) mass is 316 g/mol. The molecule has 0 heterocycles. The Balaban J connectivity index is 2.17. The largest absolute Gasteiger partial charge is 0.380 e. The van der Waals surface area contributed by atoms with Crippen molar-refractivity contribution >= 4 is 34.8 Å². The number of carbonyl (C=O) groups is 2. The first kappa shape index (κ1) is 14.3. The second-order valence-corrected chi connectivity index (χ2v) is 6.28. The van der Waals surface area contributed by atoms with Crippen molar-refractivity contribution in [2.75, 3.05) is 11.8 Å². The van der Waals surface area contributed by atoms with Crippen molar-refractivity contribution in [2.24, 2.45) is 23.7 Å². The lowest BCUT2D eigenvalue weighted by Crippen LogP contribution is -2.68. The number of allylic oxidation sites excluding steroid dienone is 2. The summed E-state index contributed by atoms with van der Waals surface area (Å²) in [6.07, 6.45) is 6.33. The van der Waals surface area contributed by atoms with Gasteiger partial charge in [0.15, 0.2) is 11.6 Å². The zero-order valence-electron chi connectivity index (χ0n) is 10.5. The highest BCUT2D eigenvalue weighted by Crippen LogP contribution is 2.54. The molecule has 108 valence electrons. The molecule has 4 aliphatic rings. The molecule has 0 aromatic heterocycles. The molecule has 0 spiro atoms. The molecule has 4 unspecified atom stereocenters. The lowest BCUT2D eigenvalue weighted by Gasteiger charge is -2.56. The first-order valence-electron chi connectivity index (χ1n) is 6.42. The molecular weight excluding hydrogens is 303 g/mol. The molecule has 20 heavy (non-hydrogen) atoms. The smallest absolute Gasteiger partial charge is 0.188 e. The minimum atomic E-state index is -1.77. The Morgan fingerprint density at radius 3 is 2.30 bits per heavy atom. The first-order chi connectivity index (χ1) is 9.40. The quantitative estimate of drug-likeness (QED) is 0.580. The average molecular weight is 317 g/mol. The van der Waals surface area contributed by atoms with Gasteiger partial charge in [0.05, 0.1) is 11.8 Å². The van der Waals surface area contributed by atoms with E-state index >= 15 is 0 Å². The fourth-order valence-electron chi connectivity index (χ4n) is 3.79. The number of rotatable bonds is 2. The summed E-state index contributed by atoms with van der Waals surface area (Å²) in [5.41, 5.74) is -3.51. The molecule has 4 aliphatic carbocycles. The summed E-state index contributed by atoms with van der Waals surface area (Å²) in [6.45, 7) is 0. The van der Waals surface area contributed by atoms with Gasteiger partial charge in [-0.3, -0.25) is 9.59 Å². The molecule has 1 fully saturated rings. The van der Waals surface area contributed by atoms with Crippen molar-refractivity contribution in [3.63, 3.8) is 0 Å². The molecule has 0 aromatic rings. The van der Waals surface area contributed by atoms with E-state index in [0.717, 1.165) is 0 Å². The lowest BCUT2D eigenvalue weighted by atomic mass is 9.50. The number of ketones is 2. The normalized spacial score (nSPS) is 49.6. The predicted octanol–water partition coefficient (Wildman–Crippen LogP) is 0.682. The Kier molecular flexibility index (Phi) is 3.14. The number of aliphatic hydroxyl groups is 2. The van der Waals surface area contributed by atoms with E-state index in [4.69, 9.17) is 23.2 Å². The molecule has 0 aliphatic heterocycles. The zero-order chi connectivity index (χ0) is 14.7. The standard InChI is InChI=1S/C14H14Cl2O4/c15-5-13(19)9-3-1-8(12(13)18)7-2-4-10(17)14(20,6-16)11(7)9/h1-4,7-9,11,19-20H,5-6H2/t7?,8-,9+,11?,13?,14?/m1/s1. The second-order valence-electron chi connectivity index (χ2n) is 5.74. The third-order valence-electron chi connectivity index (χ3n) is 4.88. The molecule has 0 saturated heterocycles. The van der Waals surface area contributed by atoms with Gasteiger partial charge in [-0.15, -0.1) is 23.2 Å². The van der Waals surface area contributed by atoms with Crippen LogP contribution in [0.25, 0.3) is 0 Å². The third-order valence-corrected chi connectivity index (χ3v) is 5.69. The molecule has 1 saturated carbocycles. The number of carbonyl (C=O) groups excluding carboxylic acids is 2. The summed E-state index contributed by atoms with van der Waals surface area (Å²) >= 11 is 11.6. The Morgan fingerprint density at radius 2 is 1.70 bits per heavy atom. The number of hydrogen-bond donors (Lipinski definition) is 2. The number of halogens is 2. The number of Topliss-reactive ketones (excluding diaryl/α,β-unsaturated/α-hetero) is 1. The van der Waals surface area contributed by atoms with Crippen LogP contribution in [0.1, 0.15) is 0 Å². The molecule has 0 radical (unpaired) electrons. The Hall–Kier alpha value is -0.680. The molecular formula is C14H14Cl2O4. The predicted molar refractivity (Wildman–Crippen MR) is 73.6 cm³/mol. The van der Waals surface area contributed by atoms with Crippen LogP contribution in [0.2, 0.25) is 0 Å². The van der Waals surface area contributed by atoms with Gasteiger partial charge in [-0.25, -0.2) is 0 Å². The van der Waals surface area contributed by atoms with Crippen molar-refractivity contribution in [1.29, 1.82) is 0 Å². The van der Waals surface area contributed by atoms with Gasteiger partial charge in [-0.1, -0.05) is 18.2 Å². The summed E-state index contributed by atoms with van der Waals surface area (Å²) in [6, 6.07) is 0. The van der Waals surface area contributed by atoms with E-state index in [1.165, 1.54) is 6.08 Å². The van der Waals surface area contributed by atoms with E-state index in [0.29, 0.717) is 0 Å². The van der Waals surface area contributed by atoms with Crippen LogP contribution in [-0.4, -0.2) is 44.7 Å². The maximum absolute atomic E-state index is 12.4. The summed E-state index contributed by atoms with van der Waals surface area (Å²) < 4.78 is 0. The van der Waals surface area contributed by atoms with Gasteiger partial charge in [0, 0.05) is 17.8 Å². The van der Waals surface area contributed by atoms with Gasteiger partial charge >= 0.3 is 0 Å². The van der Waals surface area contributed by atoms with E-state index in [9.17, 15) is 19.8 Å². The fraction of sp³-hybridized carbons (Fsp3) is 0.571. The van der Waals surface area contributed by atoms with Crippen LogP contribution in [-0.2, 0) is 9.59 Å². The van der Waals surface area contributed by atoms with E-state index < -0.39 is 34.7 Å². The summed E-state index contributed by atoms with van der Waals surface area (Å²) in [7, 11) is 0. The van der Waals surface area contributed by atoms with E-state index in [2.05, 4.69) is 0 Å². The van der Waals surface area contributed by atoms with Crippen molar-refractivity contribution in [2.45, 2.75) is 11.2 Å². The molecule has 4 nitrogen and oxygen atoms in total. The number of alkyl halides is 2. The van der Waals surface area contributed by atoms with Gasteiger partial charge in [0.25, 0.3) is 0 Å². The van der Waals surface area contributed by atoms with Gasteiger partial charge < -0.3 is 10.2 Å². The Bertz CT molecular complexity index is 543. The van der Waals surface area contributed by atoms with Gasteiger partial charge in [-0.2, -0.15) is 0 Å². The highest BCUT2D eigenvalue weighted by atomic mass is 35.5. The second kappa shape index (κ2) is 4.41. The van der Waals surface area contributed by atoms with E-state index in [-0.39, 0.29) is 23.5 Å². The van der Waals surface area contributed by atoms with E-state index in [1.807, 2.05) is 0 Å². The highest BCUT2D eigenvalue weighted by Gasteiger charge is 2.65. The maximum atomic E-state index is 12.4. The van der Waals surface area contributed by atoms with Crippen molar-refractivity contribution in [3.05, 3.63) is 24.3 Å². The van der Waals surface area contributed by atoms with E-state index in [1.54, 1.807) is 18.2 Å². The van der Waals surface area contributed by atoms with Crippen LogP contribution < -0.4 is 0 Å². The maximum Gasteiger partial charge on any atom is 0.188 e. The number of hydrogen-bond acceptors (Lipinski definition) is 4. The number of fused-ring (bicyclic) bond motifs is 1. The zero-order valence-corrected chi connectivity index (χ0v) is 12.0. The van der Waals surface area contributed by atoms with Gasteiger partial charge in [0.2, 0.25) is 0 Å². The summed E-state index contributed by atoms with van der Waals surface area (Å²) in [4.78, 5) is 24.4.